The van der Waals surface area contributed by atoms with Gasteiger partial charge in [0.25, 0.3) is 0 Å². The fourth-order valence-electron chi connectivity index (χ4n) is 2.18. The summed E-state index contributed by atoms with van der Waals surface area (Å²) < 4.78 is 9.56. The van der Waals surface area contributed by atoms with Gasteiger partial charge in [0.2, 0.25) is 0 Å². The maximum atomic E-state index is 9.56. The zero-order valence-corrected chi connectivity index (χ0v) is 17.3. The van der Waals surface area contributed by atoms with Gasteiger partial charge in [-0.1, -0.05) is 91.0 Å². The summed E-state index contributed by atoms with van der Waals surface area (Å²) in [5.41, 5.74) is 0. The fraction of sp³-hybridized carbons (Fsp3) is 0.100. The first-order valence-electron chi connectivity index (χ1n) is 7.39. The van der Waals surface area contributed by atoms with Crippen LogP contribution in [0.5, 0.6) is 0 Å². The first-order chi connectivity index (χ1) is 11.2. The van der Waals surface area contributed by atoms with E-state index in [0.717, 1.165) is 0 Å². The van der Waals surface area contributed by atoms with Crippen LogP contribution >= 0.6 is 24.9 Å². The Morgan fingerprint density at radius 3 is 1.00 bits per heavy atom. The second-order valence-electron chi connectivity index (χ2n) is 5.08. The van der Waals surface area contributed by atoms with E-state index in [-0.39, 0.29) is 17.0 Å². The van der Waals surface area contributed by atoms with Crippen LogP contribution in [0.2, 0.25) is 0 Å². The van der Waals surface area contributed by atoms with Gasteiger partial charge in [0.05, 0.1) is 0 Å². The lowest BCUT2D eigenvalue weighted by Crippen LogP contribution is -2.20. The fourth-order valence-corrected chi connectivity index (χ4v) is 4.48. The monoisotopic (exact) mass is 420 g/mol. The van der Waals surface area contributed by atoms with Crippen molar-refractivity contribution < 1.29 is 4.21 Å². The molecule has 0 aromatic heterocycles. The molecule has 0 radical (unpaired) electrons. The molecular formula is C20H22BrOPS. The van der Waals surface area contributed by atoms with Crippen LogP contribution in [0.4, 0.5) is 0 Å². The van der Waals surface area contributed by atoms with Crippen LogP contribution in [0, 0.1) is 0 Å². The normalized spacial score (nSPS) is 9.83. The molecule has 0 N–H and O–H groups in total. The van der Waals surface area contributed by atoms with Crippen molar-refractivity contribution in [1.29, 1.82) is 0 Å². The molecule has 0 aliphatic heterocycles. The third-order valence-electron chi connectivity index (χ3n) is 3.04. The zero-order valence-electron chi connectivity index (χ0n) is 13.8. The number of halogens is 1. The van der Waals surface area contributed by atoms with E-state index >= 15 is 0 Å². The maximum Gasteiger partial charge on any atom is 0.0148 e. The number of benzene rings is 3. The van der Waals surface area contributed by atoms with Crippen molar-refractivity contribution in [3.05, 3.63) is 91.0 Å². The Morgan fingerprint density at radius 1 is 0.583 bits per heavy atom. The molecule has 3 aromatic rings. The van der Waals surface area contributed by atoms with E-state index in [9.17, 15) is 4.21 Å². The standard InChI is InChI=1S/C18H15P.C2H6OS.BrH/c1-4-10-16(11-5-1)19(17-12-6-2-7-13-17)18-14-8-3-9-15-18;1-4(2)3;/h1-15H;1-2H3;1H. The smallest absolute Gasteiger partial charge is 0.0148 e. The molecule has 0 heterocycles. The van der Waals surface area contributed by atoms with Crippen molar-refractivity contribution in [1.82, 2.24) is 0 Å². The largest absolute Gasteiger partial charge is 0.260 e. The summed E-state index contributed by atoms with van der Waals surface area (Å²) >= 11 is 0. The molecule has 0 atom stereocenters. The average molecular weight is 421 g/mol. The predicted octanol–water partition coefficient (Wildman–Crippen LogP) is 4.02. The highest BCUT2D eigenvalue weighted by Crippen LogP contribution is 2.32. The van der Waals surface area contributed by atoms with Gasteiger partial charge in [0.1, 0.15) is 0 Å². The second-order valence-corrected chi connectivity index (χ2v) is 8.79. The first kappa shape index (κ1) is 20.8. The van der Waals surface area contributed by atoms with Crippen LogP contribution in [0.1, 0.15) is 0 Å². The molecule has 3 aromatic carbocycles. The molecule has 126 valence electrons. The van der Waals surface area contributed by atoms with Crippen molar-refractivity contribution in [3.63, 3.8) is 0 Å². The Kier molecular flexibility index (Phi) is 9.78. The first-order valence-corrected chi connectivity index (χ1v) is 10.7. The van der Waals surface area contributed by atoms with Gasteiger partial charge in [-0.2, -0.15) is 0 Å². The lowest BCUT2D eigenvalue weighted by atomic mass is 10.4. The van der Waals surface area contributed by atoms with E-state index in [1.165, 1.54) is 15.9 Å². The van der Waals surface area contributed by atoms with E-state index in [4.69, 9.17) is 0 Å². The minimum atomic E-state index is -0.611. The molecule has 0 saturated carbocycles. The van der Waals surface area contributed by atoms with E-state index < -0.39 is 18.7 Å². The molecule has 24 heavy (non-hydrogen) atoms. The molecule has 0 aliphatic carbocycles. The summed E-state index contributed by atoms with van der Waals surface area (Å²) in [7, 11) is -1.06. The van der Waals surface area contributed by atoms with Crippen LogP contribution in [0.25, 0.3) is 0 Å². The number of rotatable bonds is 3. The highest BCUT2D eigenvalue weighted by atomic mass is 79.9. The Hall–Kier alpha value is -1.28. The van der Waals surface area contributed by atoms with Crippen molar-refractivity contribution in [2.45, 2.75) is 0 Å². The molecule has 4 heteroatoms. The van der Waals surface area contributed by atoms with Crippen molar-refractivity contribution in [2.24, 2.45) is 0 Å². The molecule has 1 nitrogen and oxygen atoms in total. The van der Waals surface area contributed by atoms with E-state index in [1.807, 2.05) is 0 Å². The van der Waals surface area contributed by atoms with Crippen LogP contribution < -0.4 is 15.9 Å². The van der Waals surface area contributed by atoms with Crippen molar-refractivity contribution in [2.75, 3.05) is 12.5 Å². The van der Waals surface area contributed by atoms with E-state index in [0.29, 0.717) is 0 Å². The molecule has 0 amide bonds. The van der Waals surface area contributed by atoms with Gasteiger partial charge >= 0.3 is 0 Å². The molecule has 0 aliphatic rings. The van der Waals surface area contributed by atoms with E-state index in [1.54, 1.807) is 12.5 Å². The predicted molar refractivity (Wildman–Crippen MR) is 115 cm³/mol. The SMILES string of the molecule is Br.CS(C)=O.c1ccc(P(c2ccccc2)c2ccccc2)cc1. The van der Waals surface area contributed by atoms with Gasteiger partial charge in [0.15, 0.2) is 0 Å². The maximum absolute atomic E-state index is 9.56. The van der Waals surface area contributed by atoms with Crippen molar-refractivity contribution >= 4 is 51.6 Å². The van der Waals surface area contributed by atoms with Gasteiger partial charge < -0.3 is 0 Å². The van der Waals surface area contributed by atoms with Crippen LogP contribution in [0.15, 0.2) is 91.0 Å². The number of hydrogen-bond acceptors (Lipinski definition) is 1. The topological polar surface area (TPSA) is 17.1 Å². The molecular weight excluding hydrogens is 399 g/mol. The minimum absolute atomic E-state index is 0. The molecule has 0 fully saturated rings. The Bertz CT molecular complexity index is 622. The Morgan fingerprint density at radius 2 is 0.792 bits per heavy atom. The summed E-state index contributed by atoms with van der Waals surface area (Å²) in [6, 6.07) is 32.3. The van der Waals surface area contributed by atoms with Gasteiger partial charge in [0, 0.05) is 23.3 Å². The van der Waals surface area contributed by atoms with Crippen LogP contribution in [-0.4, -0.2) is 16.7 Å². The summed E-state index contributed by atoms with van der Waals surface area (Å²) in [5, 5.41) is 4.19. The summed E-state index contributed by atoms with van der Waals surface area (Å²) in [4.78, 5) is 0. The highest BCUT2D eigenvalue weighted by molar-refractivity contribution is 8.93. The molecule has 0 unspecified atom stereocenters. The zero-order chi connectivity index (χ0) is 16.5. The van der Waals surface area contributed by atoms with Crippen LogP contribution in [0.3, 0.4) is 0 Å². The Labute approximate surface area is 159 Å². The highest BCUT2D eigenvalue weighted by Gasteiger charge is 2.14. The quantitative estimate of drug-likeness (QED) is 0.584. The third kappa shape index (κ3) is 6.68. The van der Waals surface area contributed by atoms with E-state index in [2.05, 4.69) is 91.0 Å². The summed E-state index contributed by atoms with van der Waals surface area (Å²) in [6.45, 7) is 0. The Balaban J connectivity index is 0.000000522. The second kappa shape index (κ2) is 11.3. The van der Waals surface area contributed by atoms with Gasteiger partial charge in [-0.15, -0.1) is 17.0 Å². The molecule has 0 saturated heterocycles. The van der Waals surface area contributed by atoms with Gasteiger partial charge in [-0.05, 0) is 23.8 Å². The number of hydrogen-bond donors (Lipinski definition) is 0. The summed E-state index contributed by atoms with van der Waals surface area (Å²) in [5.74, 6) is 0. The molecule has 3 rings (SSSR count). The van der Waals surface area contributed by atoms with Crippen LogP contribution in [-0.2, 0) is 10.8 Å². The molecule has 0 spiro atoms. The lowest BCUT2D eigenvalue weighted by molar-refractivity contribution is 0.690. The van der Waals surface area contributed by atoms with Gasteiger partial charge in [-0.3, -0.25) is 4.21 Å². The third-order valence-corrected chi connectivity index (χ3v) is 5.49. The van der Waals surface area contributed by atoms with Gasteiger partial charge in [-0.25, -0.2) is 0 Å². The average Bonchev–Trinajstić information content (AvgIpc) is 2.58. The van der Waals surface area contributed by atoms with Crippen molar-refractivity contribution in [3.8, 4) is 0 Å². The lowest BCUT2D eigenvalue weighted by Gasteiger charge is -2.18. The summed E-state index contributed by atoms with van der Waals surface area (Å²) in [6.07, 6.45) is 3.28. The molecule has 0 bridgehead atoms. The minimum Gasteiger partial charge on any atom is -0.260 e.